The first kappa shape index (κ1) is 25.5. The molecule has 4 rings (SSSR count). The second-order valence-corrected chi connectivity index (χ2v) is 10.6. The Hall–Kier alpha value is -0.580. The molecule has 0 amide bonds. The molecule has 33 heavy (non-hydrogen) atoms. The number of hydrogen-bond donors (Lipinski definition) is 0. The zero-order valence-electron chi connectivity index (χ0n) is 16.0. The van der Waals surface area contributed by atoms with Gasteiger partial charge in [-0.05, 0) is 54.1 Å². The van der Waals surface area contributed by atoms with Crippen molar-refractivity contribution in [3.05, 3.63) is 93.7 Å². The highest BCUT2D eigenvalue weighted by Gasteiger charge is 2.20. The van der Waals surface area contributed by atoms with Crippen molar-refractivity contribution in [2.75, 3.05) is 0 Å². The van der Waals surface area contributed by atoms with Gasteiger partial charge in [-0.3, -0.25) is 0 Å². The van der Waals surface area contributed by atoms with Crippen LogP contribution in [0.5, 0.6) is 0 Å². The van der Waals surface area contributed by atoms with E-state index in [0.29, 0.717) is 78.8 Å². The van der Waals surface area contributed by atoms with E-state index in [1.807, 2.05) is 0 Å². The van der Waals surface area contributed by atoms with Crippen LogP contribution in [0.2, 0.25) is 45.2 Å². The third kappa shape index (κ3) is 5.33. The lowest BCUT2D eigenvalue weighted by atomic mass is 9.99. The van der Waals surface area contributed by atoms with Crippen molar-refractivity contribution in [2.24, 2.45) is 0 Å². The summed E-state index contributed by atoms with van der Waals surface area (Å²) in [5.41, 5.74) is 2.94. The highest BCUT2D eigenvalue weighted by atomic mass is 35.5. The number of benzene rings is 3. The lowest BCUT2D eigenvalue weighted by Gasteiger charge is -2.15. The molecule has 3 aromatic carbocycles. The maximum absolute atomic E-state index is 6.50. The molecule has 10 heteroatoms. The molecule has 0 radical (unpaired) electrons. The zero-order chi connectivity index (χ0) is 24.0. The van der Waals surface area contributed by atoms with Gasteiger partial charge in [-0.1, -0.05) is 104 Å². The van der Waals surface area contributed by atoms with Crippen LogP contribution in [0.25, 0.3) is 33.6 Å². The van der Waals surface area contributed by atoms with Crippen LogP contribution in [-0.2, 0) is 0 Å². The molecule has 0 spiro atoms. The van der Waals surface area contributed by atoms with Crippen LogP contribution in [0.3, 0.4) is 0 Å². The SMILES string of the molecule is Clc1cc(Cl)c(-c2cc(-c3c(Cl)cc(Cl)cc3Cl)nc(-c3c(Cl)cc(Cl)cc3Cl)c2)c(Cl)c1. The Morgan fingerprint density at radius 2 is 0.636 bits per heavy atom. The molecule has 1 heterocycles. The van der Waals surface area contributed by atoms with Gasteiger partial charge >= 0.3 is 0 Å². The summed E-state index contributed by atoms with van der Waals surface area (Å²) in [7, 11) is 0. The third-order valence-corrected chi connectivity index (χ3v) is 7.09. The lowest BCUT2D eigenvalue weighted by molar-refractivity contribution is 1.32. The number of aromatic nitrogens is 1. The fourth-order valence-electron chi connectivity index (χ4n) is 3.32. The van der Waals surface area contributed by atoms with Gasteiger partial charge in [0.25, 0.3) is 0 Å². The van der Waals surface area contributed by atoms with E-state index < -0.39 is 0 Å². The first-order valence-electron chi connectivity index (χ1n) is 9.02. The van der Waals surface area contributed by atoms with Crippen molar-refractivity contribution in [1.29, 1.82) is 0 Å². The fourth-order valence-corrected chi connectivity index (χ4v) is 6.38. The Morgan fingerprint density at radius 3 is 0.939 bits per heavy atom. The Balaban J connectivity index is 2.08. The smallest absolute Gasteiger partial charge is 0.0745 e. The van der Waals surface area contributed by atoms with Crippen LogP contribution in [0, 0.1) is 0 Å². The normalized spacial score (nSPS) is 11.2. The maximum Gasteiger partial charge on any atom is 0.0745 e. The van der Waals surface area contributed by atoms with Crippen LogP contribution in [-0.4, -0.2) is 4.98 Å². The molecule has 1 nitrogen and oxygen atoms in total. The molecule has 0 bridgehead atoms. The van der Waals surface area contributed by atoms with E-state index in [1.165, 1.54) is 0 Å². The van der Waals surface area contributed by atoms with Crippen LogP contribution in [0.4, 0.5) is 0 Å². The fraction of sp³-hybridized carbons (Fsp3) is 0. The first-order chi connectivity index (χ1) is 15.5. The third-order valence-electron chi connectivity index (χ3n) is 4.65. The minimum atomic E-state index is 0.310. The number of rotatable bonds is 3. The van der Waals surface area contributed by atoms with Gasteiger partial charge in [0, 0.05) is 31.8 Å². The highest BCUT2D eigenvalue weighted by molar-refractivity contribution is 6.44. The average molecular weight is 617 g/mol. The molecule has 0 atom stereocenters. The zero-order valence-corrected chi connectivity index (χ0v) is 22.8. The molecular formula is C23H8Cl9N. The van der Waals surface area contributed by atoms with Gasteiger partial charge in [-0.25, -0.2) is 4.98 Å². The van der Waals surface area contributed by atoms with E-state index >= 15 is 0 Å². The summed E-state index contributed by atoms with van der Waals surface area (Å²) in [5.74, 6) is 0. The van der Waals surface area contributed by atoms with E-state index in [-0.39, 0.29) is 0 Å². The Labute approximate surface area is 235 Å². The number of nitrogens with zero attached hydrogens (tertiary/aromatic N) is 1. The van der Waals surface area contributed by atoms with Crippen molar-refractivity contribution >= 4 is 104 Å². The molecule has 0 aliphatic heterocycles. The molecule has 0 aliphatic rings. The lowest BCUT2D eigenvalue weighted by Crippen LogP contribution is -1.95. The predicted molar refractivity (Wildman–Crippen MR) is 146 cm³/mol. The van der Waals surface area contributed by atoms with Crippen LogP contribution < -0.4 is 0 Å². The van der Waals surface area contributed by atoms with Crippen molar-refractivity contribution < 1.29 is 0 Å². The van der Waals surface area contributed by atoms with E-state index in [1.54, 1.807) is 48.5 Å². The molecule has 0 N–H and O–H groups in total. The van der Waals surface area contributed by atoms with Gasteiger partial charge < -0.3 is 0 Å². The molecule has 0 saturated carbocycles. The van der Waals surface area contributed by atoms with Crippen LogP contribution >= 0.6 is 104 Å². The van der Waals surface area contributed by atoms with Gasteiger partial charge in [0.15, 0.2) is 0 Å². The molecule has 1 aromatic heterocycles. The second-order valence-electron chi connectivity index (χ2n) is 6.86. The summed E-state index contributed by atoms with van der Waals surface area (Å²) in [4.78, 5) is 4.74. The molecule has 168 valence electrons. The van der Waals surface area contributed by atoms with Crippen molar-refractivity contribution in [1.82, 2.24) is 4.98 Å². The van der Waals surface area contributed by atoms with Gasteiger partial charge in [0.1, 0.15) is 0 Å². The molecule has 0 fully saturated rings. The molecule has 0 saturated heterocycles. The quantitative estimate of drug-likeness (QED) is 0.223. The van der Waals surface area contributed by atoms with Gasteiger partial charge in [-0.2, -0.15) is 0 Å². The summed E-state index contributed by atoms with van der Waals surface area (Å²) in [6.07, 6.45) is 0. The summed E-state index contributed by atoms with van der Waals surface area (Å²) in [6.45, 7) is 0. The summed E-state index contributed by atoms with van der Waals surface area (Å²) < 4.78 is 0. The molecular weight excluding hydrogens is 609 g/mol. The minimum absolute atomic E-state index is 0.310. The first-order valence-corrected chi connectivity index (χ1v) is 12.4. The topological polar surface area (TPSA) is 12.9 Å². The highest BCUT2D eigenvalue weighted by Crippen LogP contribution is 2.44. The average Bonchev–Trinajstić information content (AvgIpc) is 2.65. The van der Waals surface area contributed by atoms with E-state index in [4.69, 9.17) is 109 Å². The summed E-state index contributed by atoms with van der Waals surface area (Å²) in [5, 5.41) is 3.10. The number of hydrogen-bond acceptors (Lipinski definition) is 1. The van der Waals surface area contributed by atoms with Crippen LogP contribution in [0.1, 0.15) is 0 Å². The van der Waals surface area contributed by atoms with E-state index in [2.05, 4.69) is 0 Å². The molecule has 0 unspecified atom stereocenters. The van der Waals surface area contributed by atoms with Gasteiger partial charge in [-0.15, -0.1) is 0 Å². The van der Waals surface area contributed by atoms with Crippen LogP contribution in [0.15, 0.2) is 48.5 Å². The Bertz CT molecular complexity index is 1160. The number of halogens is 9. The van der Waals surface area contributed by atoms with E-state index in [0.717, 1.165) is 0 Å². The van der Waals surface area contributed by atoms with Crippen molar-refractivity contribution in [3.8, 4) is 33.6 Å². The monoisotopic (exact) mass is 613 g/mol. The largest absolute Gasteiger partial charge is 0.248 e. The Kier molecular flexibility index (Phi) is 7.88. The summed E-state index contributed by atoms with van der Waals surface area (Å²) in [6, 6.07) is 13.0. The van der Waals surface area contributed by atoms with E-state index in [9.17, 15) is 0 Å². The Morgan fingerprint density at radius 1 is 0.364 bits per heavy atom. The van der Waals surface area contributed by atoms with Gasteiger partial charge in [0.2, 0.25) is 0 Å². The molecule has 0 aliphatic carbocycles. The minimum Gasteiger partial charge on any atom is -0.248 e. The van der Waals surface area contributed by atoms with Gasteiger partial charge in [0.05, 0.1) is 41.5 Å². The predicted octanol–water partition coefficient (Wildman–Crippen LogP) is 12.0. The molecule has 4 aromatic rings. The van der Waals surface area contributed by atoms with Crippen molar-refractivity contribution in [2.45, 2.75) is 0 Å². The second kappa shape index (κ2) is 10.2. The maximum atomic E-state index is 6.50. The summed E-state index contributed by atoms with van der Waals surface area (Å²) >= 11 is 57.2. The van der Waals surface area contributed by atoms with Crippen molar-refractivity contribution in [3.63, 3.8) is 0 Å². The standard InChI is InChI=1S/C23H8Cl9N/c24-10-3-13(27)21(14(28)4-10)9-1-19(22-15(29)5-11(25)6-16(22)30)33-20(2-9)23-17(31)7-12(26)8-18(23)32/h1-8H. The number of pyridine rings is 1.